The number of ether oxygens (including phenoxy) is 4. The molecule has 0 aliphatic carbocycles. The van der Waals surface area contributed by atoms with Crippen LogP contribution in [0.3, 0.4) is 0 Å². The Kier molecular flexibility index (Phi) is 5.22. The number of hydrogen-bond donors (Lipinski definition) is 0. The van der Waals surface area contributed by atoms with Crippen molar-refractivity contribution in [3.05, 3.63) is 53.7 Å². The standard InChI is InChI=1S/C22H20N2O4S/c1-13-23-21(28-16-8-6-15(25-2)7-9-16)20-17(12-29-22(20)24-13)14-5-10-18(26-3)19(11-14)27-4/h5-12H,1-4H3. The van der Waals surface area contributed by atoms with Crippen molar-refractivity contribution < 1.29 is 18.9 Å². The Labute approximate surface area is 172 Å². The van der Waals surface area contributed by atoms with Crippen LogP contribution in [0.4, 0.5) is 0 Å². The Balaban J connectivity index is 1.82. The molecule has 0 radical (unpaired) electrons. The third kappa shape index (κ3) is 3.69. The van der Waals surface area contributed by atoms with E-state index in [0.29, 0.717) is 29.0 Å². The molecule has 0 bridgehead atoms. The van der Waals surface area contributed by atoms with E-state index >= 15 is 0 Å². The second-order valence-corrected chi connectivity index (χ2v) is 7.11. The lowest BCUT2D eigenvalue weighted by Gasteiger charge is -2.11. The number of benzene rings is 2. The quantitative estimate of drug-likeness (QED) is 0.421. The highest BCUT2D eigenvalue weighted by Crippen LogP contribution is 2.41. The first-order valence-corrected chi connectivity index (χ1v) is 9.81. The summed E-state index contributed by atoms with van der Waals surface area (Å²) in [6.07, 6.45) is 0. The molecule has 29 heavy (non-hydrogen) atoms. The molecule has 0 amide bonds. The second kappa shape index (κ2) is 7.97. The maximum absolute atomic E-state index is 6.14. The molecule has 4 rings (SSSR count). The summed E-state index contributed by atoms with van der Waals surface area (Å²) in [6, 6.07) is 13.2. The van der Waals surface area contributed by atoms with Crippen LogP contribution < -0.4 is 18.9 Å². The van der Waals surface area contributed by atoms with Crippen molar-refractivity contribution >= 4 is 21.6 Å². The van der Waals surface area contributed by atoms with Crippen LogP contribution in [-0.4, -0.2) is 31.3 Å². The predicted molar refractivity (Wildman–Crippen MR) is 114 cm³/mol. The molecule has 4 aromatic rings. The Morgan fingerprint density at radius 3 is 2.21 bits per heavy atom. The normalized spacial score (nSPS) is 10.8. The maximum atomic E-state index is 6.14. The van der Waals surface area contributed by atoms with Gasteiger partial charge in [-0.05, 0) is 48.9 Å². The zero-order valence-corrected chi connectivity index (χ0v) is 17.4. The molecule has 2 heterocycles. The van der Waals surface area contributed by atoms with Crippen LogP contribution in [0.2, 0.25) is 0 Å². The van der Waals surface area contributed by atoms with Gasteiger partial charge in [-0.15, -0.1) is 11.3 Å². The predicted octanol–water partition coefficient (Wildman–Crippen LogP) is 5.48. The van der Waals surface area contributed by atoms with Crippen molar-refractivity contribution in [3.8, 4) is 40.0 Å². The Morgan fingerprint density at radius 2 is 1.52 bits per heavy atom. The fraction of sp³-hybridized carbons (Fsp3) is 0.182. The van der Waals surface area contributed by atoms with Gasteiger partial charge >= 0.3 is 0 Å². The van der Waals surface area contributed by atoms with Crippen LogP contribution in [0.25, 0.3) is 21.3 Å². The van der Waals surface area contributed by atoms with Crippen molar-refractivity contribution in [1.82, 2.24) is 9.97 Å². The molecule has 0 saturated heterocycles. The minimum absolute atomic E-state index is 0.517. The zero-order chi connectivity index (χ0) is 20.4. The number of fused-ring (bicyclic) bond motifs is 1. The van der Waals surface area contributed by atoms with Crippen molar-refractivity contribution in [3.63, 3.8) is 0 Å². The molecule has 2 aromatic carbocycles. The van der Waals surface area contributed by atoms with Gasteiger partial charge in [0.2, 0.25) is 5.88 Å². The lowest BCUT2D eigenvalue weighted by molar-refractivity contribution is 0.355. The fourth-order valence-corrected chi connectivity index (χ4v) is 4.04. The molecule has 0 aliphatic rings. The molecular weight excluding hydrogens is 388 g/mol. The van der Waals surface area contributed by atoms with Crippen molar-refractivity contribution in [1.29, 1.82) is 0 Å². The third-order valence-corrected chi connectivity index (χ3v) is 5.35. The van der Waals surface area contributed by atoms with E-state index in [9.17, 15) is 0 Å². The third-order valence-electron chi connectivity index (χ3n) is 4.48. The monoisotopic (exact) mass is 408 g/mol. The molecule has 0 fully saturated rings. The van der Waals surface area contributed by atoms with Gasteiger partial charge in [-0.25, -0.2) is 4.98 Å². The first-order chi connectivity index (χ1) is 14.1. The van der Waals surface area contributed by atoms with Crippen LogP contribution >= 0.6 is 11.3 Å². The van der Waals surface area contributed by atoms with Gasteiger partial charge in [-0.3, -0.25) is 0 Å². The summed E-state index contributed by atoms with van der Waals surface area (Å²) in [7, 11) is 4.88. The SMILES string of the molecule is COc1ccc(Oc2nc(C)nc3scc(-c4ccc(OC)c(OC)c4)c23)cc1. The number of aromatic nitrogens is 2. The smallest absolute Gasteiger partial charge is 0.231 e. The van der Waals surface area contributed by atoms with Crippen molar-refractivity contribution in [2.75, 3.05) is 21.3 Å². The first kappa shape index (κ1) is 19.0. The zero-order valence-electron chi connectivity index (χ0n) is 16.6. The molecule has 0 N–H and O–H groups in total. The van der Waals surface area contributed by atoms with E-state index in [1.54, 1.807) is 32.7 Å². The molecule has 2 aromatic heterocycles. The highest BCUT2D eigenvalue weighted by Gasteiger charge is 2.17. The summed E-state index contributed by atoms with van der Waals surface area (Å²) in [5.74, 6) is 3.95. The number of hydrogen-bond acceptors (Lipinski definition) is 7. The number of nitrogens with zero attached hydrogens (tertiary/aromatic N) is 2. The topological polar surface area (TPSA) is 62.7 Å². The maximum Gasteiger partial charge on any atom is 0.231 e. The van der Waals surface area contributed by atoms with E-state index in [1.807, 2.05) is 49.4 Å². The van der Waals surface area contributed by atoms with E-state index < -0.39 is 0 Å². The van der Waals surface area contributed by atoms with Gasteiger partial charge in [0, 0.05) is 10.9 Å². The first-order valence-electron chi connectivity index (χ1n) is 8.93. The summed E-state index contributed by atoms with van der Waals surface area (Å²) in [4.78, 5) is 10.0. The number of aryl methyl sites for hydroxylation is 1. The Bertz CT molecular complexity index is 1160. The summed E-state index contributed by atoms with van der Waals surface area (Å²) >= 11 is 1.55. The number of methoxy groups -OCH3 is 3. The fourth-order valence-electron chi connectivity index (χ4n) is 3.06. The number of thiophene rings is 1. The number of rotatable bonds is 6. The Morgan fingerprint density at radius 1 is 0.793 bits per heavy atom. The molecule has 0 aliphatic heterocycles. The van der Waals surface area contributed by atoms with Crippen LogP contribution in [-0.2, 0) is 0 Å². The van der Waals surface area contributed by atoms with Crippen LogP contribution in [0, 0.1) is 6.92 Å². The molecule has 0 saturated carbocycles. The minimum atomic E-state index is 0.517. The van der Waals surface area contributed by atoms with E-state index in [1.165, 1.54) is 0 Å². The van der Waals surface area contributed by atoms with Crippen LogP contribution in [0.1, 0.15) is 5.82 Å². The summed E-state index contributed by atoms with van der Waals surface area (Å²) in [6.45, 7) is 1.86. The van der Waals surface area contributed by atoms with E-state index in [4.69, 9.17) is 18.9 Å². The van der Waals surface area contributed by atoms with Gasteiger partial charge < -0.3 is 18.9 Å². The van der Waals surface area contributed by atoms with E-state index in [2.05, 4.69) is 15.3 Å². The van der Waals surface area contributed by atoms with Gasteiger partial charge in [0.05, 0.1) is 26.7 Å². The van der Waals surface area contributed by atoms with Crippen molar-refractivity contribution in [2.45, 2.75) is 6.92 Å². The largest absolute Gasteiger partial charge is 0.497 e. The van der Waals surface area contributed by atoms with Gasteiger partial charge in [-0.2, -0.15) is 4.98 Å². The molecule has 148 valence electrons. The average Bonchev–Trinajstić information content (AvgIpc) is 3.17. The summed E-state index contributed by atoms with van der Waals surface area (Å²) in [5, 5.41) is 2.92. The summed E-state index contributed by atoms with van der Waals surface area (Å²) in [5.41, 5.74) is 1.95. The van der Waals surface area contributed by atoms with Gasteiger partial charge in [0.15, 0.2) is 11.5 Å². The highest BCUT2D eigenvalue weighted by molar-refractivity contribution is 7.17. The summed E-state index contributed by atoms with van der Waals surface area (Å²) < 4.78 is 22.2. The van der Waals surface area contributed by atoms with Gasteiger partial charge in [0.1, 0.15) is 22.2 Å². The average molecular weight is 408 g/mol. The minimum Gasteiger partial charge on any atom is -0.497 e. The van der Waals surface area contributed by atoms with Crippen LogP contribution in [0.15, 0.2) is 47.8 Å². The second-order valence-electron chi connectivity index (χ2n) is 6.25. The van der Waals surface area contributed by atoms with Crippen LogP contribution in [0.5, 0.6) is 28.9 Å². The molecule has 7 heteroatoms. The van der Waals surface area contributed by atoms with Crippen molar-refractivity contribution in [2.24, 2.45) is 0 Å². The lowest BCUT2D eigenvalue weighted by atomic mass is 10.1. The molecule has 0 unspecified atom stereocenters. The lowest BCUT2D eigenvalue weighted by Crippen LogP contribution is -1.95. The van der Waals surface area contributed by atoms with Gasteiger partial charge in [0.25, 0.3) is 0 Å². The van der Waals surface area contributed by atoms with E-state index in [0.717, 1.165) is 27.1 Å². The molecule has 6 nitrogen and oxygen atoms in total. The molecule has 0 atom stereocenters. The highest BCUT2D eigenvalue weighted by atomic mass is 32.1. The van der Waals surface area contributed by atoms with E-state index in [-0.39, 0.29) is 0 Å². The molecular formula is C22H20N2O4S. The molecule has 0 spiro atoms. The Hall–Kier alpha value is -3.32. The van der Waals surface area contributed by atoms with Gasteiger partial charge in [-0.1, -0.05) is 6.07 Å².